The fraction of sp³-hybridized carbons (Fsp3) is 0.875. The topological polar surface area (TPSA) is 51.2 Å². The first-order valence-corrected chi connectivity index (χ1v) is 6.04. The first-order valence-electron chi connectivity index (χ1n) is 4.22. The van der Waals surface area contributed by atoms with Crippen LogP contribution in [0.3, 0.4) is 0 Å². The number of hydrogen-bond acceptors (Lipinski definition) is 3. The summed E-state index contributed by atoms with van der Waals surface area (Å²) < 4.78 is 21.8. The van der Waals surface area contributed by atoms with E-state index in [4.69, 9.17) is 0 Å². The average Bonchev–Trinajstić information content (AvgIpc) is 2.67. The van der Waals surface area contributed by atoms with Gasteiger partial charge in [-0.3, -0.25) is 0 Å². The number of hydrogen-bond donors (Lipinski definition) is 0. The van der Waals surface area contributed by atoms with E-state index in [0.29, 0.717) is 5.92 Å². The molecule has 0 N–H and O–H groups in total. The van der Waals surface area contributed by atoms with Crippen LogP contribution in [0.5, 0.6) is 0 Å². The van der Waals surface area contributed by atoms with Crippen LogP contribution >= 0.6 is 0 Å². The van der Waals surface area contributed by atoms with E-state index in [1.54, 1.807) is 0 Å². The lowest BCUT2D eigenvalue weighted by molar-refractivity contribution is -0.115. The number of rotatable bonds is 3. The van der Waals surface area contributed by atoms with E-state index in [2.05, 4.69) is 0 Å². The second-order valence-electron chi connectivity index (χ2n) is 4.16. The Morgan fingerprint density at radius 3 is 2.25 bits per heavy atom. The standard InChI is InChI=1S/C8H12O3S/c9-4-8(3-7-1-2-7)5-12(10,11)6-8/h4,7H,1-3,5-6H2. The van der Waals surface area contributed by atoms with Crippen LogP contribution in [0.2, 0.25) is 0 Å². The summed E-state index contributed by atoms with van der Waals surface area (Å²) >= 11 is 0. The SMILES string of the molecule is O=CC1(CC2CC2)CS(=O)(=O)C1. The summed E-state index contributed by atoms with van der Waals surface area (Å²) in [5.41, 5.74) is -0.486. The van der Waals surface area contributed by atoms with E-state index in [9.17, 15) is 13.2 Å². The third-order valence-electron chi connectivity index (χ3n) is 2.66. The molecule has 2 rings (SSSR count). The molecule has 0 aromatic carbocycles. The number of carbonyl (C=O) groups is 1. The Hall–Kier alpha value is -0.380. The summed E-state index contributed by atoms with van der Waals surface area (Å²) in [6.45, 7) is 0. The lowest BCUT2D eigenvalue weighted by Gasteiger charge is -2.36. The second kappa shape index (κ2) is 2.31. The molecule has 0 spiro atoms. The fourth-order valence-electron chi connectivity index (χ4n) is 1.96. The van der Waals surface area contributed by atoms with Gasteiger partial charge in [0.1, 0.15) is 6.29 Å². The predicted octanol–water partition coefficient (Wildman–Crippen LogP) is 0.400. The minimum Gasteiger partial charge on any atom is -0.303 e. The van der Waals surface area contributed by atoms with Crippen molar-refractivity contribution < 1.29 is 13.2 Å². The smallest absolute Gasteiger partial charge is 0.152 e. The molecule has 1 aliphatic carbocycles. The van der Waals surface area contributed by atoms with Crippen LogP contribution in [0, 0.1) is 11.3 Å². The molecule has 0 radical (unpaired) electrons. The van der Waals surface area contributed by atoms with Crippen LogP contribution in [-0.2, 0) is 14.6 Å². The lowest BCUT2D eigenvalue weighted by Crippen LogP contribution is -2.49. The van der Waals surface area contributed by atoms with Gasteiger partial charge in [-0.05, 0) is 12.3 Å². The molecule has 0 aromatic rings. The van der Waals surface area contributed by atoms with E-state index in [0.717, 1.165) is 12.7 Å². The lowest BCUT2D eigenvalue weighted by atomic mass is 9.87. The van der Waals surface area contributed by atoms with Gasteiger partial charge in [0, 0.05) is 0 Å². The molecule has 1 heterocycles. The average molecular weight is 188 g/mol. The van der Waals surface area contributed by atoms with Crippen LogP contribution < -0.4 is 0 Å². The van der Waals surface area contributed by atoms with Crippen molar-refractivity contribution in [3.8, 4) is 0 Å². The number of aldehydes is 1. The summed E-state index contributed by atoms with van der Waals surface area (Å²) in [4.78, 5) is 10.7. The van der Waals surface area contributed by atoms with Crippen LogP contribution in [0.1, 0.15) is 19.3 Å². The van der Waals surface area contributed by atoms with Gasteiger partial charge in [-0.25, -0.2) is 8.42 Å². The van der Waals surface area contributed by atoms with Gasteiger partial charge in [0.15, 0.2) is 9.84 Å². The molecule has 68 valence electrons. The van der Waals surface area contributed by atoms with Crippen molar-refractivity contribution in [1.29, 1.82) is 0 Å². The minimum absolute atomic E-state index is 0.0972. The van der Waals surface area contributed by atoms with Gasteiger partial charge < -0.3 is 4.79 Å². The van der Waals surface area contributed by atoms with E-state index < -0.39 is 15.3 Å². The summed E-state index contributed by atoms with van der Waals surface area (Å²) in [7, 11) is -2.85. The summed E-state index contributed by atoms with van der Waals surface area (Å²) in [6.07, 6.45) is 4.01. The summed E-state index contributed by atoms with van der Waals surface area (Å²) in [6, 6.07) is 0. The Balaban J connectivity index is 2.03. The highest BCUT2D eigenvalue weighted by Crippen LogP contribution is 2.44. The van der Waals surface area contributed by atoms with Gasteiger partial charge in [0.05, 0.1) is 16.9 Å². The van der Waals surface area contributed by atoms with E-state index >= 15 is 0 Å². The Morgan fingerprint density at radius 2 is 1.92 bits per heavy atom. The van der Waals surface area contributed by atoms with Gasteiger partial charge in [-0.2, -0.15) is 0 Å². The van der Waals surface area contributed by atoms with E-state index in [1.165, 1.54) is 12.8 Å². The van der Waals surface area contributed by atoms with Gasteiger partial charge in [0.2, 0.25) is 0 Å². The van der Waals surface area contributed by atoms with E-state index in [-0.39, 0.29) is 11.5 Å². The van der Waals surface area contributed by atoms with E-state index in [1.807, 2.05) is 0 Å². The first-order chi connectivity index (χ1) is 5.55. The molecular formula is C8H12O3S. The number of sulfone groups is 1. The molecule has 0 aromatic heterocycles. The molecular weight excluding hydrogens is 176 g/mol. The third kappa shape index (κ3) is 1.40. The highest BCUT2D eigenvalue weighted by Gasteiger charge is 2.50. The van der Waals surface area contributed by atoms with Crippen LogP contribution in [0.25, 0.3) is 0 Å². The van der Waals surface area contributed by atoms with Crippen LogP contribution in [-0.4, -0.2) is 26.2 Å². The summed E-state index contributed by atoms with van der Waals surface area (Å²) in [5.74, 6) is 0.825. The highest BCUT2D eigenvalue weighted by molar-refractivity contribution is 7.93. The van der Waals surface area contributed by atoms with Crippen molar-refractivity contribution in [3.63, 3.8) is 0 Å². The zero-order chi connectivity index (χ0) is 8.82. The molecule has 0 bridgehead atoms. The van der Waals surface area contributed by atoms with Crippen LogP contribution in [0.4, 0.5) is 0 Å². The largest absolute Gasteiger partial charge is 0.303 e. The molecule has 4 heteroatoms. The molecule has 0 atom stereocenters. The molecule has 0 amide bonds. The van der Waals surface area contributed by atoms with Crippen LogP contribution in [0.15, 0.2) is 0 Å². The minimum atomic E-state index is -2.85. The fourth-order valence-corrected chi connectivity index (χ4v) is 4.00. The molecule has 0 unspecified atom stereocenters. The van der Waals surface area contributed by atoms with Crippen molar-refractivity contribution in [1.82, 2.24) is 0 Å². The van der Waals surface area contributed by atoms with Crippen molar-refractivity contribution in [2.24, 2.45) is 11.3 Å². The normalized spacial score (nSPS) is 30.7. The van der Waals surface area contributed by atoms with Gasteiger partial charge in [-0.15, -0.1) is 0 Å². The maximum atomic E-state index is 10.9. The quantitative estimate of drug-likeness (QED) is 0.602. The molecule has 1 saturated carbocycles. The van der Waals surface area contributed by atoms with Crippen molar-refractivity contribution in [2.75, 3.05) is 11.5 Å². The maximum absolute atomic E-state index is 10.9. The van der Waals surface area contributed by atoms with Gasteiger partial charge in [0.25, 0.3) is 0 Å². The zero-order valence-corrected chi connectivity index (χ0v) is 7.64. The Morgan fingerprint density at radius 1 is 1.33 bits per heavy atom. The van der Waals surface area contributed by atoms with Crippen molar-refractivity contribution in [2.45, 2.75) is 19.3 Å². The first kappa shape index (κ1) is 8.23. The molecule has 1 saturated heterocycles. The molecule has 2 aliphatic rings. The molecule has 2 fully saturated rings. The molecule has 3 nitrogen and oxygen atoms in total. The Kier molecular flexibility index (Phi) is 1.59. The molecule has 12 heavy (non-hydrogen) atoms. The predicted molar refractivity (Wildman–Crippen MR) is 44.5 cm³/mol. The van der Waals surface area contributed by atoms with Crippen molar-refractivity contribution >= 4 is 16.1 Å². The monoisotopic (exact) mass is 188 g/mol. The second-order valence-corrected chi connectivity index (χ2v) is 6.22. The van der Waals surface area contributed by atoms with Gasteiger partial charge in [-0.1, -0.05) is 12.8 Å². The third-order valence-corrected chi connectivity index (χ3v) is 4.69. The Labute approximate surface area is 72.1 Å². The van der Waals surface area contributed by atoms with Gasteiger partial charge >= 0.3 is 0 Å². The highest BCUT2D eigenvalue weighted by atomic mass is 32.2. The zero-order valence-electron chi connectivity index (χ0n) is 6.82. The Bertz CT molecular complexity index is 288. The number of carbonyl (C=O) groups excluding carboxylic acids is 1. The van der Waals surface area contributed by atoms with Crippen molar-refractivity contribution in [3.05, 3.63) is 0 Å². The molecule has 1 aliphatic heterocycles. The maximum Gasteiger partial charge on any atom is 0.152 e. The summed E-state index contributed by atoms with van der Waals surface area (Å²) in [5, 5.41) is 0.